The summed E-state index contributed by atoms with van der Waals surface area (Å²) in [6.45, 7) is 5.52. The highest BCUT2D eigenvalue weighted by Crippen LogP contribution is 2.39. The van der Waals surface area contributed by atoms with Crippen LogP contribution in [-0.4, -0.2) is 26.1 Å². The van der Waals surface area contributed by atoms with Crippen LogP contribution in [0, 0.1) is 5.92 Å². The van der Waals surface area contributed by atoms with E-state index < -0.39 is 0 Å². The van der Waals surface area contributed by atoms with Crippen LogP contribution in [0.5, 0.6) is 0 Å². The van der Waals surface area contributed by atoms with E-state index in [2.05, 4.69) is 29.2 Å². The Morgan fingerprint density at radius 2 is 2.25 bits per heavy atom. The fourth-order valence-electron chi connectivity index (χ4n) is 3.63. The van der Waals surface area contributed by atoms with E-state index in [4.69, 9.17) is 4.98 Å². The molecule has 5 nitrogen and oxygen atoms in total. The largest absolute Gasteiger partial charge is 0.354 e. The Balaban J connectivity index is 1.69. The summed E-state index contributed by atoms with van der Waals surface area (Å²) in [6, 6.07) is 0. The number of hydrogen-bond acceptors (Lipinski definition) is 5. The predicted octanol–water partition coefficient (Wildman–Crippen LogP) is 4.46. The summed E-state index contributed by atoms with van der Waals surface area (Å²) in [6.07, 6.45) is 10.2. The number of nitrogens with one attached hydrogen (secondary N) is 1. The van der Waals surface area contributed by atoms with Crippen molar-refractivity contribution in [2.45, 2.75) is 58.8 Å². The van der Waals surface area contributed by atoms with Gasteiger partial charge in [0.2, 0.25) is 5.95 Å². The lowest BCUT2D eigenvalue weighted by molar-refractivity contribution is 0.508. The average Bonchev–Trinajstić information content (AvgIpc) is 3.18. The van der Waals surface area contributed by atoms with Crippen molar-refractivity contribution in [3.8, 4) is 0 Å². The zero-order chi connectivity index (χ0) is 16.5. The summed E-state index contributed by atoms with van der Waals surface area (Å²) in [5, 5.41) is 9.12. The Morgan fingerprint density at radius 3 is 3.12 bits per heavy atom. The third-order valence-corrected chi connectivity index (χ3v) is 6.17. The summed E-state index contributed by atoms with van der Waals surface area (Å²) < 4.78 is 1.88. The van der Waals surface area contributed by atoms with Crippen molar-refractivity contribution in [3.63, 3.8) is 0 Å². The molecular weight excluding hydrogens is 318 g/mol. The molecule has 0 aromatic carbocycles. The molecule has 3 aromatic heterocycles. The summed E-state index contributed by atoms with van der Waals surface area (Å²) in [5.74, 6) is 1.58. The van der Waals surface area contributed by atoms with Crippen LogP contribution in [0.15, 0.2) is 6.33 Å². The summed E-state index contributed by atoms with van der Waals surface area (Å²) >= 11 is 1.85. The van der Waals surface area contributed by atoms with Crippen LogP contribution in [0.3, 0.4) is 0 Å². The Morgan fingerprint density at radius 1 is 1.33 bits per heavy atom. The standard InChI is InChI=1S/C18H25N5S/c1-3-4-5-6-9-19-18-22-17-15(16-20-11-21-23(16)18)13-10-12(2)7-8-14(13)24-17/h11-12H,3-10H2,1-2H3,(H,19,22)/t12-/m1/s1. The minimum atomic E-state index is 0.745. The second kappa shape index (κ2) is 6.67. The topological polar surface area (TPSA) is 55.1 Å². The molecule has 0 bridgehead atoms. The molecular formula is C18H25N5S. The minimum Gasteiger partial charge on any atom is -0.354 e. The van der Waals surface area contributed by atoms with Crippen molar-refractivity contribution < 1.29 is 0 Å². The maximum atomic E-state index is 4.89. The van der Waals surface area contributed by atoms with Gasteiger partial charge in [0.25, 0.3) is 0 Å². The number of fused-ring (bicyclic) bond motifs is 5. The van der Waals surface area contributed by atoms with E-state index in [1.807, 2.05) is 15.9 Å². The van der Waals surface area contributed by atoms with Crippen molar-refractivity contribution in [1.29, 1.82) is 0 Å². The van der Waals surface area contributed by atoms with Crippen molar-refractivity contribution >= 4 is 33.1 Å². The van der Waals surface area contributed by atoms with Gasteiger partial charge in [0.15, 0.2) is 5.65 Å². The molecule has 0 saturated heterocycles. The van der Waals surface area contributed by atoms with Gasteiger partial charge in [-0.1, -0.05) is 33.1 Å². The van der Waals surface area contributed by atoms with Crippen molar-refractivity contribution in [2.24, 2.45) is 5.92 Å². The lowest BCUT2D eigenvalue weighted by atomic mass is 9.89. The van der Waals surface area contributed by atoms with Gasteiger partial charge in [0, 0.05) is 11.4 Å². The summed E-state index contributed by atoms with van der Waals surface area (Å²) in [7, 11) is 0. The van der Waals surface area contributed by atoms with Gasteiger partial charge in [-0.25, -0.2) is 9.97 Å². The number of thiophene rings is 1. The molecule has 3 heterocycles. The van der Waals surface area contributed by atoms with E-state index in [0.717, 1.165) is 35.3 Å². The Hall–Kier alpha value is -1.69. The first-order chi connectivity index (χ1) is 11.8. The number of nitrogens with zero attached hydrogens (tertiary/aromatic N) is 4. The van der Waals surface area contributed by atoms with Crippen LogP contribution in [0.1, 0.15) is 56.4 Å². The van der Waals surface area contributed by atoms with Gasteiger partial charge in [-0.05, 0) is 37.2 Å². The van der Waals surface area contributed by atoms with E-state index in [1.54, 1.807) is 6.33 Å². The van der Waals surface area contributed by atoms with E-state index in [9.17, 15) is 0 Å². The Bertz CT molecular complexity index is 850. The molecule has 1 N–H and O–H groups in total. The SMILES string of the molecule is CCCCCCNc1nc2sc3c(c2c2ncnn12)C[C@H](C)CC3. The van der Waals surface area contributed by atoms with Gasteiger partial charge in [-0.3, -0.25) is 0 Å². The van der Waals surface area contributed by atoms with Crippen LogP contribution >= 0.6 is 11.3 Å². The maximum Gasteiger partial charge on any atom is 0.227 e. The molecule has 0 amide bonds. The highest BCUT2D eigenvalue weighted by atomic mass is 32.1. The van der Waals surface area contributed by atoms with Crippen LogP contribution in [0.25, 0.3) is 15.9 Å². The van der Waals surface area contributed by atoms with Crippen molar-refractivity contribution in [3.05, 3.63) is 16.8 Å². The second-order valence-corrected chi connectivity index (χ2v) is 8.03. The zero-order valence-corrected chi connectivity index (χ0v) is 15.3. The highest BCUT2D eigenvalue weighted by Gasteiger charge is 2.24. The van der Waals surface area contributed by atoms with Crippen LogP contribution in [-0.2, 0) is 12.8 Å². The number of rotatable bonds is 6. The van der Waals surface area contributed by atoms with Crippen LogP contribution in [0.2, 0.25) is 0 Å². The van der Waals surface area contributed by atoms with Gasteiger partial charge in [0.05, 0.1) is 5.39 Å². The minimum absolute atomic E-state index is 0.745. The first-order valence-electron chi connectivity index (χ1n) is 9.15. The van der Waals surface area contributed by atoms with Gasteiger partial charge in [-0.2, -0.15) is 9.61 Å². The molecule has 4 rings (SSSR count). The van der Waals surface area contributed by atoms with Gasteiger partial charge in [0.1, 0.15) is 11.2 Å². The molecule has 1 aliphatic carbocycles. The monoisotopic (exact) mass is 343 g/mol. The van der Waals surface area contributed by atoms with Crippen LogP contribution in [0.4, 0.5) is 5.95 Å². The molecule has 0 radical (unpaired) electrons. The number of unbranched alkanes of at least 4 members (excludes halogenated alkanes) is 3. The molecule has 1 atom stereocenters. The fraction of sp³-hybridized carbons (Fsp3) is 0.611. The molecule has 0 fully saturated rings. The molecule has 24 heavy (non-hydrogen) atoms. The zero-order valence-electron chi connectivity index (χ0n) is 14.5. The van der Waals surface area contributed by atoms with E-state index in [1.165, 1.54) is 54.4 Å². The predicted molar refractivity (Wildman–Crippen MR) is 100.0 cm³/mol. The number of aromatic nitrogens is 4. The average molecular weight is 344 g/mol. The normalized spacial score (nSPS) is 17.5. The number of hydrogen-bond donors (Lipinski definition) is 1. The van der Waals surface area contributed by atoms with Gasteiger partial charge < -0.3 is 5.32 Å². The summed E-state index contributed by atoms with van der Waals surface area (Å²) in [4.78, 5) is 12.1. The third kappa shape index (κ3) is 2.77. The van der Waals surface area contributed by atoms with Crippen molar-refractivity contribution in [1.82, 2.24) is 19.6 Å². The highest BCUT2D eigenvalue weighted by molar-refractivity contribution is 7.19. The van der Waals surface area contributed by atoms with E-state index in [-0.39, 0.29) is 0 Å². The van der Waals surface area contributed by atoms with E-state index >= 15 is 0 Å². The number of anilines is 1. The molecule has 0 saturated carbocycles. The Labute approximate surface area is 146 Å². The lowest BCUT2D eigenvalue weighted by Gasteiger charge is -2.17. The molecule has 3 aromatic rings. The molecule has 0 aliphatic heterocycles. The molecule has 128 valence electrons. The van der Waals surface area contributed by atoms with Gasteiger partial charge in [-0.15, -0.1) is 11.3 Å². The second-order valence-electron chi connectivity index (χ2n) is 6.95. The third-order valence-electron chi connectivity index (χ3n) is 4.98. The van der Waals surface area contributed by atoms with Crippen LogP contribution < -0.4 is 5.32 Å². The first kappa shape index (κ1) is 15.8. The Kier molecular flexibility index (Phi) is 4.39. The maximum absolute atomic E-state index is 4.89. The number of aryl methyl sites for hydroxylation is 1. The van der Waals surface area contributed by atoms with Crippen molar-refractivity contribution in [2.75, 3.05) is 11.9 Å². The smallest absolute Gasteiger partial charge is 0.227 e. The quantitative estimate of drug-likeness (QED) is 0.672. The molecule has 0 spiro atoms. The van der Waals surface area contributed by atoms with E-state index in [0.29, 0.717) is 0 Å². The fourth-order valence-corrected chi connectivity index (χ4v) is 4.84. The lowest BCUT2D eigenvalue weighted by Crippen LogP contribution is -2.10. The molecule has 6 heteroatoms. The molecule has 1 aliphatic rings. The van der Waals surface area contributed by atoms with Gasteiger partial charge >= 0.3 is 0 Å². The summed E-state index contributed by atoms with van der Waals surface area (Å²) in [5.41, 5.74) is 2.43. The molecule has 0 unspecified atom stereocenters. The first-order valence-corrected chi connectivity index (χ1v) is 9.97.